The highest BCUT2D eigenvalue weighted by atomic mass is 32.2. The molecule has 1 heterocycles. The fourth-order valence-corrected chi connectivity index (χ4v) is 2.74. The summed E-state index contributed by atoms with van der Waals surface area (Å²) in [6.45, 7) is 2.42. The number of nitrogens with zero attached hydrogens (tertiary/aromatic N) is 1. The predicted octanol–water partition coefficient (Wildman–Crippen LogP) is 2.64. The average molecular weight is 324 g/mol. The highest BCUT2D eigenvalue weighted by Gasteiger charge is 2.13. The summed E-state index contributed by atoms with van der Waals surface area (Å²) in [7, 11) is -3.38. The molecule has 2 rings (SSSR count). The SMILES string of the molecule is CCOc1ccc(CNc2ncccc2S(C)(=O)=O)cc1F. The minimum atomic E-state index is -3.38. The van der Waals surface area contributed by atoms with Crippen LogP contribution in [-0.4, -0.2) is 26.3 Å². The zero-order valence-electron chi connectivity index (χ0n) is 12.3. The quantitative estimate of drug-likeness (QED) is 0.885. The normalized spacial score (nSPS) is 11.2. The van der Waals surface area contributed by atoms with Crippen LogP contribution in [0.2, 0.25) is 0 Å². The van der Waals surface area contributed by atoms with Crippen molar-refractivity contribution in [2.24, 2.45) is 0 Å². The van der Waals surface area contributed by atoms with Gasteiger partial charge in [0.1, 0.15) is 10.7 Å². The van der Waals surface area contributed by atoms with Gasteiger partial charge in [0.15, 0.2) is 21.4 Å². The minimum absolute atomic E-state index is 0.112. The molecule has 7 heteroatoms. The summed E-state index contributed by atoms with van der Waals surface area (Å²) in [6, 6.07) is 7.64. The van der Waals surface area contributed by atoms with Gasteiger partial charge in [-0.1, -0.05) is 6.07 Å². The Morgan fingerprint density at radius 3 is 2.73 bits per heavy atom. The maximum absolute atomic E-state index is 13.8. The van der Waals surface area contributed by atoms with Crippen LogP contribution >= 0.6 is 0 Å². The van der Waals surface area contributed by atoms with Crippen molar-refractivity contribution in [2.75, 3.05) is 18.2 Å². The Hall–Kier alpha value is -2.15. The van der Waals surface area contributed by atoms with Gasteiger partial charge >= 0.3 is 0 Å². The maximum Gasteiger partial charge on any atom is 0.179 e. The third kappa shape index (κ3) is 3.94. The number of hydrogen-bond donors (Lipinski definition) is 1. The molecule has 0 aliphatic carbocycles. The van der Waals surface area contributed by atoms with Gasteiger partial charge in [-0.3, -0.25) is 0 Å². The molecular formula is C15H17FN2O3S. The third-order valence-corrected chi connectivity index (χ3v) is 4.05. The fourth-order valence-electron chi connectivity index (χ4n) is 1.94. The van der Waals surface area contributed by atoms with E-state index in [1.807, 2.05) is 0 Å². The van der Waals surface area contributed by atoms with Gasteiger partial charge in [-0.2, -0.15) is 0 Å². The zero-order chi connectivity index (χ0) is 16.2. The van der Waals surface area contributed by atoms with Gasteiger partial charge in [0.05, 0.1) is 6.61 Å². The van der Waals surface area contributed by atoms with Crippen molar-refractivity contribution < 1.29 is 17.5 Å². The second kappa shape index (κ2) is 6.74. The lowest BCUT2D eigenvalue weighted by Gasteiger charge is -2.10. The summed E-state index contributed by atoms with van der Waals surface area (Å²) in [4.78, 5) is 4.13. The summed E-state index contributed by atoms with van der Waals surface area (Å²) >= 11 is 0. The first-order chi connectivity index (χ1) is 10.4. The Labute approximate surface area is 129 Å². The van der Waals surface area contributed by atoms with E-state index in [1.165, 1.54) is 18.3 Å². The first-order valence-electron chi connectivity index (χ1n) is 6.72. The maximum atomic E-state index is 13.8. The van der Waals surface area contributed by atoms with Gasteiger partial charge in [-0.05, 0) is 36.8 Å². The highest BCUT2D eigenvalue weighted by molar-refractivity contribution is 7.90. The number of hydrogen-bond acceptors (Lipinski definition) is 5. The predicted molar refractivity (Wildman–Crippen MR) is 82.2 cm³/mol. The molecule has 0 atom stereocenters. The molecule has 1 N–H and O–H groups in total. The number of nitrogens with one attached hydrogen (secondary N) is 1. The Morgan fingerprint density at radius 1 is 1.32 bits per heavy atom. The number of rotatable bonds is 6. The smallest absolute Gasteiger partial charge is 0.179 e. The molecular weight excluding hydrogens is 307 g/mol. The van der Waals surface area contributed by atoms with Crippen LogP contribution in [0.3, 0.4) is 0 Å². The molecule has 2 aromatic rings. The molecule has 0 amide bonds. The molecule has 118 valence electrons. The molecule has 5 nitrogen and oxygen atoms in total. The topological polar surface area (TPSA) is 68.3 Å². The van der Waals surface area contributed by atoms with Gasteiger partial charge in [0, 0.05) is 19.0 Å². The first kappa shape index (κ1) is 16.2. The van der Waals surface area contributed by atoms with E-state index in [1.54, 1.807) is 25.1 Å². The van der Waals surface area contributed by atoms with E-state index in [0.717, 1.165) is 6.26 Å². The van der Waals surface area contributed by atoms with Crippen molar-refractivity contribution in [3.63, 3.8) is 0 Å². The number of benzene rings is 1. The molecule has 0 aliphatic rings. The average Bonchev–Trinajstić information content (AvgIpc) is 2.47. The molecule has 0 bridgehead atoms. The van der Waals surface area contributed by atoms with Crippen molar-refractivity contribution in [1.29, 1.82) is 0 Å². The number of anilines is 1. The van der Waals surface area contributed by atoms with Crippen LogP contribution in [-0.2, 0) is 16.4 Å². The lowest BCUT2D eigenvalue weighted by molar-refractivity contribution is 0.321. The molecule has 1 aromatic carbocycles. The van der Waals surface area contributed by atoms with Crippen LogP contribution in [0.15, 0.2) is 41.4 Å². The van der Waals surface area contributed by atoms with Crippen LogP contribution in [0.1, 0.15) is 12.5 Å². The Balaban J connectivity index is 2.16. The summed E-state index contributed by atoms with van der Waals surface area (Å²) in [5.74, 6) is -0.00860. The van der Waals surface area contributed by atoms with Crippen molar-refractivity contribution >= 4 is 15.7 Å². The lowest BCUT2D eigenvalue weighted by Crippen LogP contribution is -2.08. The molecule has 0 fully saturated rings. The number of sulfone groups is 1. The van der Waals surface area contributed by atoms with Crippen LogP contribution in [0.5, 0.6) is 5.75 Å². The molecule has 1 aromatic heterocycles. The molecule has 0 saturated carbocycles. The number of aromatic nitrogens is 1. The van der Waals surface area contributed by atoms with Gasteiger partial charge in [-0.15, -0.1) is 0 Å². The first-order valence-corrected chi connectivity index (χ1v) is 8.61. The Bertz CT molecular complexity index is 763. The van der Waals surface area contributed by atoms with Gasteiger partial charge in [-0.25, -0.2) is 17.8 Å². The number of halogens is 1. The Morgan fingerprint density at radius 2 is 2.09 bits per heavy atom. The molecule has 0 unspecified atom stereocenters. The van der Waals surface area contributed by atoms with Crippen LogP contribution in [0.25, 0.3) is 0 Å². The van der Waals surface area contributed by atoms with E-state index in [-0.39, 0.29) is 23.0 Å². The largest absolute Gasteiger partial charge is 0.491 e. The van der Waals surface area contributed by atoms with Crippen molar-refractivity contribution in [3.05, 3.63) is 47.9 Å². The molecule has 0 saturated heterocycles. The van der Waals surface area contributed by atoms with Crippen molar-refractivity contribution in [1.82, 2.24) is 4.98 Å². The fraction of sp³-hybridized carbons (Fsp3) is 0.267. The van der Waals surface area contributed by atoms with Crippen LogP contribution in [0, 0.1) is 5.82 Å². The van der Waals surface area contributed by atoms with Gasteiger partial charge in [0.2, 0.25) is 0 Å². The van der Waals surface area contributed by atoms with E-state index >= 15 is 0 Å². The molecule has 0 radical (unpaired) electrons. The van der Waals surface area contributed by atoms with Crippen molar-refractivity contribution in [2.45, 2.75) is 18.4 Å². The molecule has 0 aliphatic heterocycles. The monoisotopic (exact) mass is 324 g/mol. The molecule has 22 heavy (non-hydrogen) atoms. The van der Waals surface area contributed by atoms with Gasteiger partial charge < -0.3 is 10.1 Å². The standard InChI is InChI=1S/C15H17FN2O3S/c1-3-21-13-7-6-11(9-12(13)16)10-18-15-14(22(2,19)20)5-4-8-17-15/h4-9H,3,10H2,1-2H3,(H,17,18). The molecule has 0 spiro atoms. The summed E-state index contributed by atoms with van der Waals surface area (Å²) < 4.78 is 42.3. The van der Waals surface area contributed by atoms with E-state index in [4.69, 9.17) is 4.74 Å². The summed E-state index contributed by atoms with van der Waals surface area (Å²) in [6.07, 6.45) is 2.61. The zero-order valence-corrected chi connectivity index (χ0v) is 13.2. The second-order valence-electron chi connectivity index (χ2n) is 4.67. The lowest BCUT2D eigenvalue weighted by atomic mass is 10.2. The second-order valence-corrected chi connectivity index (χ2v) is 6.66. The van der Waals surface area contributed by atoms with E-state index < -0.39 is 15.7 Å². The Kier molecular flexibility index (Phi) is 4.97. The van der Waals surface area contributed by atoms with Crippen molar-refractivity contribution in [3.8, 4) is 5.75 Å². The van der Waals surface area contributed by atoms with Gasteiger partial charge in [0.25, 0.3) is 0 Å². The van der Waals surface area contributed by atoms with E-state index in [9.17, 15) is 12.8 Å². The number of pyridine rings is 1. The van der Waals surface area contributed by atoms with Crippen LogP contribution in [0.4, 0.5) is 10.2 Å². The minimum Gasteiger partial charge on any atom is -0.491 e. The summed E-state index contributed by atoms with van der Waals surface area (Å²) in [5.41, 5.74) is 0.658. The highest BCUT2D eigenvalue weighted by Crippen LogP contribution is 2.21. The third-order valence-electron chi connectivity index (χ3n) is 2.93. The van der Waals surface area contributed by atoms with Crippen LogP contribution < -0.4 is 10.1 Å². The van der Waals surface area contributed by atoms with E-state index in [0.29, 0.717) is 12.2 Å². The van der Waals surface area contributed by atoms with E-state index in [2.05, 4.69) is 10.3 Å². The number of ether oxygens (including phenoxy) is 1. The summed E-state index contributed by atoms with van der Waals surface area (Å²) in [5, 5.41) is 2.92.